The largest absolute Gasteiger partial charge is 0.490 e. The molecular weight excluding hydrogens is 510 g/mol. The first-order valence-corrected chi connectivity index (χ1v) is 9.44. The van der Waals surface area contributed by atoms with Crippen LogP contribution in [0, 0.1) is 5.82 Å². The molecule has 1 saturated carbocycles. The predicted octanol–water partition coefficient (Wildman–Crippen LogP) is 4.66. The summed E-state index contributed by atoms with van der Waals surface area (Å²) in [6, 6.07) is 11.8. The van der Waals surface area contributed by atoms with Gasteiger partial charge < -0.3 is 20.1 Å². The van der Waals surface area contributed by atoms with Gasteiger partial charge in [-0.15, -0.1) is 24.0 Å². The third kappa shape index (κ3) is 6.16. The number of alkyl halides is 2. The lowest BCUT2D eigenvalue weighted by Gasteiger charge is -2.17. The first kappa shape index (κ1) is 24.1. The van der Waals surface area contributed by atoms with E-state index >= 15 is 0 Å². The van der Waals surface area contributed by atoms with Crippen LogP contribution in [0.25, 0.3) is 0 Å². The van der Waals surface area contributed by atoms with Crippen molar-refractivity contribution in [2.24, 2.45) is 4.99 Å². The number of rotatable bonds is 8. The Morgan fingerprint density at radius 1 is 1.20 bits per heavy atom. The minimum Gasteiger partial charge on any atom is -0.490 e. The summed E-state index contributed by atoms with van der Waals surface area (Å²) in [5, 5.41) is 6.33. The van der Waals surface area contributed by atoms with Gasteiger partial charge in [-0.1, -0.05) is 30.3 Å². The van der Waals surface area contributed by atoms with Gasteiger partial charge in [-0.05, 0) is 31.0 Å². The fourth-order valence-corrected chi connectivity index (χ4v) is 3.22. The zero-order chi connectivity index (χ0) is 20.8. The van der Waals surface area contributed by atoms with Crippen LogP contribution in [0.4, 0.5) is 13.2 Å². The fourth-order valence-electron chi connectivity index (χ4n) is 3.22. The summed E-state index contributed by atoms with van der Waals surface area (Å²) in [6.07, 6.45) is 0.793. The minimum absolute atomic E-state index is 0. The number of hydrogen-bond donors (Lipinski definition) is 2. The van der Waals surface area contributed by atoms with E-state index in [-0.39, 0.29) is 59.8 Å². The second kappa shape index (κ2) is 11.3. The monoisotopic (exact) mass is 535 g/mol. The molecule has 0 radical (unpaired) electrons. The molecule has 1 fully saturated rings. The summed E-state index contributed by atoms with van der Waals surface area (Å²) in [7, 11) is 1.61. The molecule has 30 heavy (non-hydrogen) atoms. The van der Waals surface area contributed by atoms with E-state index in [2.05, 4.69) is 20.4 Å². The molecule has 1 aliphatic carbocycles. The first-order chi connectivity index (χ1) is 14.0. The van der Waals surface area contributed by atoms with E-state index in [0.29, 0.717) is 23.7 Å². The molecule has 2 aromatic carbocycles. The Labute approximate surface area is 191 Å². The predicted molar refractivity (Wildman–Crippen MR) is 121 cm³/mol. The van der Waals surface area contributed by atoms with E-state index in [4.69, 9.17) is 4.74 Å². The molecule has 164 valence electrons. The highest BCUT2D eigenvalue weighted by Crippen LogP contribution is 2.41. The Kier molecular flexibility index (Phi) is 9.07. The van der Waals surface area contributed by atoms with Gasteiger partial charge in [-0.2, -0.15) is 8.78 Å². The maximum atomic E-state index is 13.9. The summed E-state index contributed by atoms with van der Waals surface area (Å²) >= 11 is 0. The molecule has 0 saturated heterocycles. The van der Waals surface area contributed by atoms with Crippen molar-refractivity contribution >= 4 is 29.9 Å². The summed E-state index contributed by atoms with van der Waals surface area (Å²) in [4.78, 5) is 4.16. The van der Waals surface area contributed by atoms with E-state index in [1.54, 1.807) is 44.3 Å². The van der Waals surface area contributed by atoms with Gasteiger partial charge in [0.2, 0.25) is 0 Å². The van der Waals surface area contributed by atoms with Crippen molar-refractivity contribution in [3.63, 3.8) is 0 Å². The van der Waals surface area contributed by atoms with Gasteiger partial charge in [0.25, 0.3) is 0 Å². The first-order valence-electron chi connectivity index (χ1n) is 9.44. The van der Waals surface area contributed by atoms with Crippen LogP contribution >= 0.6 is 24.0 Å². The molecule has 3 rings (SSSR count). The number of benzene rings is 2. The zero-order valence-corrected chi connectivity index (χ0v) is 19.0. The molecule has 0 heterocycles. The number of para-hydroxylation sites is 1. The van der Waals surface area contributed by atoms with Crippen LogP contribution in [0.3, 0.4) is 0 Å². The smallest absolute Gasteiger partial charge is 0.387 e. The van der Waals surface area contributed by atoms with Crippen LogP contribution in [0.1, 0.15) is 30.4 Å². The fraction of sp³-hybridized carbons (Fsp3) is 0.381. The SMILES string of the molecule is CCOc1cccc(CNC(=NC)NC2CC2c2ccccc2F)c1OC(F)F.I. The molecule has 0 bridgehead atoms. The van der Waals surface area contributed by atoms with Gasteiger partial charge in [0.05, 0.1) is 6.61 Å². The van der Waals surface area contributed by atoms with Crippen molar-refractivity contribution in [3.8, 4) is 11.5 Å². The summed E-state index contributed by atoms with van der Waals surface area (Å²) in [5.41, 5.74) is 1.19. The second-order valence-corrected chi connectivity index (χ2v) is 6.60. The van der Waals surface area contributed by atoms with Crippen LogP contribution in [0.2, 0.25) is 0 Å². The lowest BCUT2D eigenvalue weighted by molar-refractivity contribution is -0.0520. The molecule has 1 aliphatic rings. The standard InChI is InChI=1S/C21H24F3N3O2.HI/c1-3-28-18-10-6-7-13(19(18)29-20(23)24)12-26-21(25-2)27-17-11-15(17)14-8-4-5-9-16(14)22;/h4-10,15,17,20H,3,11-12H2,1-2H3,(H2,25,26,27);1H. The van der Waals surface area contributed by atoms with Gasteiger partial charge in [0.1, 0.15) is 5.82 Å². The molecule has 2 atom stereocenters. The van der Waals surface area contributed by atoms with E-state index in [1.165, 1.54) is 6.07 Å². The molecule has 0 aliphatic heterocycles. The molecule has 9 heteroatoms. The molecule has 0 amide bonds. The molecular formula is C21H25F3IN3O2. The summed E-state index contributed by atoms with van der Waals surface area (Å²) in [5.74, 6) is 0.624. The summed E-state index contributed by atoms with van der Waals surface area (Å²) < 4.78 is 49.7. The Morgan fingerprint density at radius 2 is 1.97 bits per heavy atom. The highest BCUT2D eigenvalue weighted by molar-refractivity contribution is 14.0. The number of guanidine groups is 1. The lowest BCUT2D eigenvalue weighted by atomic mass is 10.1. The average Bonchev–Trinajstić information content (AvgIpc) is 3.46. The third-order valence-corrected chi connectivity index (χ3v) is 4.65. The van der Waals surface area contributed by atoms with Crippen LogP contribution in [0.15, 0.2) is 47.5 Å². The van der Waals surface area contributed by atoms with Gasteiger partial charge in [0.15, 0.2) is 17.5 Å². The third-order valence-electron chi connectivity index (χ3n) is 4.65. The lowest BCUT2D eigenvalue weighted by Crippen LogP contribution is -2.38. The number of halogens is 4. The van der Waals surface area contributed by atoms with Crippen molar-refractivity contribution in [3.05, 3.63) is 59.4 Å². The maximum Gasteiger partial charge on any atom is 0.387 e. The van der Waals surface area contributed by atoms with E-state index in [0.717, 1.165) is 6.42 Å². The van der Waals surface area contributed by atoms with Crippen LogP contribution in [-0.2, 0) is 6.54 Å². The van der Waals surface area contributed by atoms with Gasteiger partial charge >= 0.3 is 6.61 Å². The van der Waals surface area contributed by atoms with Crippen LogP contribution < -0.4 is 20.1 Å². The number of hydrogen-bond acceptors (Lipinski definition) is 3. The zero-order valence-electron chi connectivity index (χ0n) is 16.7. The van der Waals surface area contributed by atoms with Gasteiger partial charge in [-0.25, -0.2) is 4.39 Å². The van der Waals surface area contributed by atoms with Crippen molar-refractivity contribution in [1.29, 1.82) is 0 Å². The number of nitrogens with one attached hydrogen (secondary N) is 2. The van der Waals surface area contributed by atoms with E-state index < -0.39 is 6.61 Å². The van der Waals surface area contributed by atoms with Crippen molar-refractivity contribution in [1.82, 2.24) is 10.6 Å². The van der Waals surface area contributed by atoms with E-state index in [1.807, 2.05) is 6.07 Å². The molecule has 0 aromatic heterocycles. The maximum absolute atomic E-state index is 13.9. The van der Waals surface area contributed by atoms with Crippen LogP contribution in [0.5, 0.6) is 11.5 Å². The Hall–Kier alpha value is -2.17. The molecule has 2 N–H and O–H groups in total. The second-order valence-electron chi connectivity index (χ2n) is 6.60. The molecule has 0 spiro atoms. The van der Waals surface area contributed by atoms with Gasteiger partial charge in [0, 0.05) is 31.1 Å². The van der Waals surface area contributed by atoms with Gasteiger partial charge in [-0.3, -0.25) is 4.99 Å². The van der Waals surface area contributed by atoms with E-state index in [9.17, 15) is 13.2 Å². The Morgan fingerprint density at radius 3 is 2.63 bits per heavy atom. The number of nitrogens with zero attached hydrogens (tertiary/aromatic N) is 1. The molecule has 5 nitrogen and oxygen atoms in total. The van der Waals surface area contributed by atoms with Crippen molar-refractivity contribution in [2.45, 2.75) is 38.5 Å². The molecule has 2 aromatic rings. The van der Waals surface area contributed by atoms with Crippen molar-refractivity contribution < 1.29 is 22.6 Å². The summed E-state index contributed by atoms with van der Waals surface area (Å²) in [6.45, 7) is -0.649. The molecule has 2 unspecified atom stereocenters. The normalized spacial score (nSPS) is 17.9. The topological polar surface area (TPSA) is 54.9 Å². The van der Waals surface area contributed by atoms with Crippen LogP contribution in [-0.4, -0.2) is 32.3 Å². The Bertz CT molecular complexity index is 867. The minimum atomic E-state index is -2.96. The Balaban J connectivity index is 0.00000320. The number of aliphatic imine (C=N–C) groups is 1. The number of ether oxygens (including phenoxy) is 2. The highest BCUT2D eigenvalue weighted by Gasteiger charge is 2.40. The highest BCUT2D eigenvalue weighted by atomic mass is 127. The quantitative estimate of drug-likeness (QED) is 0.293. The average molecular weight is 535 g/mol. The van der Waals surface area contributed by atoms with Crippen molar-refractivity contribution in [2.75, 3.05) is 13.7 Å².